The highest BCUT2D eigenvalue weighted by molar-refractivity contribution is 6.05. The van der Waals surface area contributed by atoms with E-state index in [-0.39, 0.29) is 12.3 Å². The van der Waals surface area contributed by atoms with Crippen LogP contribution in [0.25, 0.3) is 0 Å². The smallest absolute Gasteiger partial charge is 0.232 e. The number of carbonyl (C=O) groups excluding carboxylic acids is 1. The summed E-state index contributed by atoms with van der Waals surface area (Å²) >= 11 is 0. The molecule has 0 spiro atoms. The molecule has 7 nitrogen and oxygen atoms in total. The molecular weight excluding hydrogens is 238 g/mol. The Kier molecular flexibility index (Phi) is 4.79. The Morgan fingerprint density at radius 2 is 2.17 bits per heavy atom. The third kappa shape index (κ3) is 3.55. The number of carbonyl (C=O) groups is 1. The van der Waals surface area contributed by atoms with Crippen LogP contribution in [0.5, 0.6) is 11.5 Å². The molecular formula is C11H15N3O4. The van der Waals surface area contributed by atoms with E-state index in [0.717, 1.165) is 0 Å². The molecule has 1 aromatic rings. The first-order valence-corrected chi connectivity index (χ1v) is 5.09. The van der Waals surface area contributed by atoms with Crippen LogP contribution in [0.2, 0.25) is 0 Å². The molecule has 7 heteroatoms. The summed E-state index contributed by atoms with van der Waals surface area (Å²) in [7, 11) is 3.01. The minimum atomic E-state index is -0.409. The summed E-state index contributed by atoms with van der Waals surface area (Å²) in [6.07, 6.45) is -0.203. The summed E-state index contributed by atoms with van der Waals surface area (Å²) in [5.74, 6) is 0.497. The molecule has 0 heterocycles. The number of amides is 1. The molecule has 0 aromatic heterocycles. The molecule has 0 radical (unpaired) electrons. The zero-order valence-electron chi connectivity index (χ0n) is 10.1. The largest absolute Gasteiger partial charge is 0.497 e. The van der Waals surface area contributed by atoms with Gasteiger partial charge >= 0.3 is 0 Å². The van der Waals surface area contributed by atoms with Gasteiger partial charge in [-0.2, -0.15) is 0 Å². The summed E-state index contributed by atoms with van der Waals surface area (Å²) < 4.78 is 10.1. The van der Waals surface area contributed by atoms with Gasteiger partial charge in [-0.25, -0.2) is 0 Å². The Morgan fingerprint density at radius 1 is 1.44 bits per heavy atom. The number of nitrogens with zero attached hydrogens (tertiary/aromatic N) is 1. The number of methoxy groups -OCH3 is 2. The number of benzene rings is 1. The highest BCUT2D eigenvalue weighted by atomic mass is 16.5. The van der Waals surface area contributed by atoms with Gasteiger partial charge in [0, 0.05) is 6.07 Å². The fourth-order valence-corrected chi connectivity index (χ4v) is 1.30. The number of ether oxygens (including phenoxy) is 2. The standard InChI is InChI=1S/C11H15N3O4/c1-17-7-3-4-8(9(5-7)18-2)13-11(15)6-10(12)14-16/h3-5,16H,6H2,1-2H3,(H2,12,14)(H,13,15). The monoisotopic (exact) mass is 253 g/mol. The number of nitrogens with two attached hydrogens (primary N) is 1. The molecule has 0 saturated heterocycles. The van der Waals surface area contributed by atoms with E-state index < -0.39 is 5.91 Å². The fraction of sp³-hybridized carbons (Fsp3) is 0.273. The van der Waals surface area contributed by atoms with E-state index in [1.165, 1.54) is 14.2 Å². The van der Waals surface area contributed by atoms with Gasteiger partial charge in [-0.1, -0.05) is 5.16 Å². The average Bonchev–Trinajstić information content (AvgIpc) is 2.38. The van der Waals surface area contributed by atoms with Crippen LogP contribution in [0.3, 0.4) is 0 Å². The molecule has 1 amide bonds. The topological polar surface area (TPSA) is 106 Å². The van der Waals surface area contributed by atoms with Gasteiger partial charge in [-0.15, -0.1) is 0 Å². The SMILES string of the molecule is COc1ccc(NC(=O)C/C(N)=N/O)c(OC)c1. The Bertz CT molecular complexity index is 460. The van der Waals surface area contributed by atoms with Crippen molar-refractivity contribution in [3.05, 3.63) is 18.2 Å². The first-order chi connectivity index (χ1) is 8.60. The Morgan fingerprint density at radius 3 is 2.72 bits per heavy atom. The van der Waals surface area contributed by atoms with E-state index in [9.17, 15) is 4.79 Å². The van der Waals surface area contributed by atoms with Gasteiger partial charge in [0.2, 0.25) is 5.91 Å². The van der Waals surface area contributed by atoms with Crippen LogP contribution >= 0.6 is 0 Å². The lowest BCUT2D eigenvalue weighted by molar-refractivity contribution is -0.115. The van der Waals surface area contributed by atoms with Crippen molar-refractivity contribution in [3.8, 4) is 11.5 Å². The van der Waals surface area contributed by atoms with E-state index >= 15 is 0 Å². The van der Waals surface area contributed by atoms with Crippen LogP contribution in [-0.2, 0) is 4.79 Å². The normalized spacial score (nSPS) is 10.9. The van der Waals surface area contributed by atoms with Gasteiger partial charge in [-0.05, 0) is 12.1 Å². The molecule has 1 rings (SSSR count). The van der Waals surface area contributed by atoms with Crippen molar-refractivity contribution < 1.29 is 19.5 Å². The summed E-state index contributed by atoms with van der Waals surface area (Å²) in [5, 5.41) is 13.7. The third-order valence-electron chi connectivity index (χ3n) is 2.15. The van der Waals surface area contributed by atoms with Gasteiger partial charge in [-0.3, -0.25) is 4.79 Å². The second-order valence-corrected chi connectivity index (χ2v) is 3.38. The third-order valence-corrected chi connectivity index (χ3v) is 2.15. The summed E-state index contributed by atoms with van der Waals surface area (Å²) in [5.41, 5.74) is 5.71. The first kappa shape index (κ1) is 13.6. The molecule has 18 heavy (non-hydrogen) atoms. The van der Waals surface area contributed by atoms with E-state index in [1.807, 2.05) is 0 Å². The van der Waals surface area contributed by atoms with Crippen molar-refractivity contribution in [3.63, 3.8) is 0 Å². The highest BCUT2D eigenvalue weighted by Crippen LogP contribution is 2.28. The van der Waals surface area contributed by atoms with E-state index in [4.69, 9.17) is 20.4 Å². The molecule has 0 aliphatic carbocycles. The second-order valence-electron chi connectivity index (χ2n) is 3.38. The molecule has 98 valence electrons. The number of oxime groups is 1. The van der Waals surface area contributed by atoms with Crippen molar-refractivity contribution in [1.29, 1.82) is 0 Å². The molecule has 0 saturated carbocycles. The fourth-order valence-electron chi connectivity index (χ4n) is 1.30. The zero-order valence-corrected chi connectivity index (χ0v) is 10.1. The lowest BCUT2D eigenvalue weighted by Crippen LogP contribution is -2.22. The molecule has 0 bridgehead atoms. The maximum absolute atomic E-state index is 11.5. The second kappa shape index (κ2) is 6.33. The van der Waals surface area contributed by atoms with Gasteiger partial charge < -0.3 is 25.7 Å². The van der Waals surface area contributed by atoms with E-state index in [0.29, 0.717) is 17.2 Å². The van der Waals surface area contributed by atoms with Crippen molar-refractivity contribution >= 4 is 17.4 Å². The number of amidine groups is 1. The Hall–Kier alpha value is -2.44. The zero-order chi connectivity index (χ0) is 13.5. The number of hydrogen-bond donors (Lipinski definition) is 3. The Balaban J connectivity index is 2.81. The number of nitrogens with one attached hydrogen (secondary N) is 1. The highest BCUT2D eigenvalue weighted by Gasteiger charge is 2.10. The number of anilines is 1. The predicted molar refractivity (Wildman–Crippen MR) is 66.2 cm³/mol. The quantitative estimate of drug-likeness (QED) is 0.311. The van der Waals surface area contributed by atoms with Crippen molar-refractivity contribution in [2.24, 2.45) is 10.9 Å². The average molecular weight is 253 g/mol. The number of hydrogen-bond acceptors (Lipinski definition) is 5. The minimum Gasteiger partial charge on any atom is -0.497 e. The summed E-state index contributed by atoms with van der Waals surface area (Å²) in [6.45, 7) is 0. The maximum Gasteiger partial charge on any atom is 0.232 e. The number of rotatable bonds is 5. The molecule has 0 atom stereocenters. The molecule has 1 aromatic carbocycles. The van der Waals surface area contributed by atoms with Crippen LogP contribution < -0.4 is 20.5 Å². The van der Waals surface area contributed by atoms with Crippen molar-refractivity contribution in [2.45, 2.75) is 6.42 Å². The lowest BCUT2D eigenvalue weighted by Gasteiger charge is -2.11. The first-order valence-electron chi connectivity index (χ1n) is 5.09. The van der Waals surface area contributed by atoms with Crippen LogP contribution in [0, 0.1) is 0 Å². The van der Waals surface area contributed by atoms with Gasteiger partial charge in [0.15, 0.2) is 0 Å². The van der Waals surface area contributed by atoms with Crippen LogP contribution in [0.4, 0.5) is 5.69 Å². The van der Waals surface area contributed by atoms with E-state index in [1.54, 1.807) is 18.2 Å². The van der Waals surface area contributed by atoms with Crippen LogP contribution in [0.15, 0.2) is 23.4 Å². The lowest BCUT2D eigenvalue weighted by atomic mass is 10.2. The molecule has 0 fully saturated rings. The molecule has 0 aliphatic rings. The maximum atomic E-state index is 11.5. The molecule has 0 aliphatic heterocycles. The minimum absolute atomic E-state index is 0.167. The van der Waals surface area contributed by atoms with Crippen LogP contribution in [-0.4, -0.2) is 31.2 Å². The summed E-state index contributed by atoms with van der Waals surface area (Å²) in [4.78, 5) is 11.5. The molecule has 4 N–H and O–H groups in total. The van der Waals surface area contributed by atoms with Gasteiger partial charge in [0.25, 0.3) is 0 Å². The molecule has 0 unspecified atom stereocenters. The van der Waals surface area contributed by atoms with E-state index in [2.05, 4.69) is 10.5 Å². The van der Waals surface area contributed by atoms with Gasteiger partial charge in [0.05, 0.1) is 26.3 Å². The Labute approximate surface area is 104 Å². The van der Waals surface area contributed by atoms with Crippen molar-refractivity contribution in [2.75, 3.05) is 19.5 Å². The summed E-state index contributed by atoms with van der Waals surface area (Å²) in [6, 6.07) is 4.96. The van der Waals surface area contributed by atoms with Gasteiger partial charge in [0.1, 0.15) is 17.3 Å². The predicted octanol–water partition coefficient (Wildman–Crippen LogP) is 0.779. The van der Waals surface area contributed by atoms with Crippen LogP contribution in [0.1, 0.15) is 6.42 Å². The van der Waals surface area contributed by atoms with Crippen molar-refractivity contribution in [1.82, 2.24) is 0 Å².